The van der Waals surface area contributed by atoms with Gasteiger partial charge in [-0.15, -0.1) is 0 Å². The highest BCUT2D eigenvalue weighted by molar-refractivity contribution is 5.82. The Bertz CT molecular complexity index is 403. The molecular formula is C16H22O2. The average Bonchev–Trinajstić information content (AvgIpc) is 2.31. The van der Waals surface area contributed by atoms with Gasteiger partial charge in [0, 0.05) is 12.3 Å². The van der Waals surface area contributed by atoms with Crippen molar-refractivity contribution in [3.05, 3.63) is 35.9 Å². The molecule has 0 aromatic heterocycles. The van der Waals surface area contributed by atoms with Gasteiger partial charge in [0.2, 0.25) is 0 Å². The molecule has 0 heterocycles. The maximum Gasteiger partial charge on any atom is 0.136 e. The molecule has 1 fully saturated rings. The second-order valence-electron chi connectivity index (χ2n) is 6.06. The third-order valence-corrected chi connectivity index (χ3v) is 3.78. The highest BCUT2D eigenvalue weighted by Gasteiger charge is 2.32. The smallest absolute Gasteiger partial charge is 0.136 e. The van der Waals surface area contributed by atoms with Crippen LogP contribution in [0.15, 0.2) is 30.3 Å². The fraction of sp³-hybridized carbons (Fsp3) is 0.562. The molecule has 0 spiro atoms. The van der Waals surface area contributed by atoms with Gasteiger partial charge in [-0.1, -0.05) is 30.3 Å². The zero-order chi connectivity index (χ0) is 13.2. The van der Waals surface area contributed by atoms with Crippen LogP contribution in [0.3, 0.4) is 0 Å². The van der Waals surface area contributed by atoms with E-state index in [0.29, 0.717) is 24.5 Å². The molecule has 2 nitrogen and oxygen atoms in total. The average molecular weight is 246 g/mol. The monoisotopic (exact) mass is 246 g/mol. The maximum absolute atomic E-state index is 11.9. The molecule has 2 rings (SSSR count). The van der Waals surface area contributed by atoms with Crippen LogP contribution >= 0.6 is 0 Å². The third kappa shape index (κ3) is 3.42. The number of benzene rings is 1. The molecule has 98 valence electrons. The van der Waals surface area contributed by atoms with Crippen LogP contribution < -0.4 is 0 Å². The Morgan fingerprint density at radius 1 is 1.28 bits per heavy atom. The van der Waals surface area contributed by atoms with Crippen LogP contribution in [0.2, 0.25) is 0 Å². The molecule has 2 atom stereocenters. The lowest BCUT2D eigenvalue weighted by atomic mass is 9.74. The molecule has 1 aromatic rings. The summed E-state index contributed by atoms with van der Waals surface area (Å²) in [6.07, 6.45) is 3.06. The number of carbonyl (C=O) groups excluding carboxylic acids is 1. The quantitative estimate of drug-likeness (QED) is 0.888. The van der Waals surface area contributed by atoms with Gasteiger partial charge in [-0.05, 0) is 44.6 Å². The van der Waals surface area contributed by atoms with E-state index in [-0.39, 0.29) is 5.92 Å². The van der Waals surface area contributed by atoms with E-state index in [9.17, 15) is 9.90 Å². The molecule has 1 N–H and O–H groups in total. The summed E-state index contributed by atoms with van der Waals surface area (Å²) >= 11 is 0. The van der Waals surface area contributed by atoms with Crippen molar-refractivity contribution in [1.29, 1.82) is 0 Å². The summed E-state index contributed by atoms with van der Waals surface area (Å²) in [7, 11) is 0. The molecule has 1 aliphatic rings. The van der Waals surface area contributed by atoms with E-state index in [1.165, 1.54) is 5.56 Å². The van der Waals surface area contributed by atoms with Gasteiger partial charge in [0.15, 0.2) is 0 Å². The van der Waals surface area contributed by atoms with Crippen molar-refractivity contribution in [2.75, 3.05) is 0 Å². The van der Waals surface area contributed by atoms with Crippen LogP contribution in [0, 0.1) is 5.92 Å². The summed E-state index contributed by atoms with van der Waals surface area (Å²) in [5, 5.41) is 9.89. The van der Waals surface area contributed by atoms with Crippen molar-refractivity contribution in [2.45, 2.75) is 51.0 Å². The predicted molar refractivity (Wildman–Crippen MR) is 72.4 cm³/mol. The van der Waals surface area contributed by atoms with Crippen molar-refractivity contribution in [1.82, 2.24) is 0 Å². The van der Waals surface area contributed by atoms with E-state index in [2.05, 4.69) is 24.3 Å². The third-order valence-electron chi connectivity index (χ3n) is 3.78. The second-order valence-corrected chi connectivity index (χ2v) is 6.06. The van der Waals surface area contributed by atoms with Gasteiger partial charge >= 0.3 is 0 Å². The SMILES string of the molecule is CC(C)(O)CC1CC(c2ccccc2)CCC1=O. The van der Waals surface area contributed by atoms with Gasteiger partial charge in [0.1, 0.15) is 5.78 Å². The van der Waals surface area contributed by atoms with E-state index in [4.69, 9.17) is 0 Å². The standard InChI is InChI=1S/C16H22O2/c1-16(2,18)11-14-10-13(8-9-15(14)17)12-6-4-3-5-7-12/h3-7,13-14,18H,8-11H2,1-2H3. The second kappa shape index (κ2) is 5.23. The van der Waals surface area contributed by atoms with Gasteiger partial charge in [0.05, 0.1) is 5.60 Å². The van der Waals surface area contributed by atoms with Crippen LogP contribution in [0.5, 0.6) is 0 Å². The van der Waals surface area contributed by atoms with Crippen LogP contribution in [0.1, 0.15) is 51.0 Å². The Morgan fingerprint density at radius 2 is 1.94 bits per heavy atom. The highest BCUT2D eigenvalue weighted by atomic mass is 16.3. The van der Waals surface area contributed by atoms with Crippen molar-refractivity contribution >= 4 is 5.78 Å². The summed E-state index contributed by atoms with van der Waals surface area (Å²) in [5.74, 6) is 0.810. The van der Waals surface area contributed by atoms with E-state index in [0.717, 1.165) is 12.8 Å². The molecule has 18 heavy (non-hydrogen) atoms. The van der Waals surface area contributed by atoms with Crippen LogP contribution in [0.25, 0.3) is 0 Å². The minimum absolute atomic E-state index is 0.0176. The lowest BCUT2D eigenvalue weighted by molar-refractivity contribution is -0.127. The lowest BCUT2D eigenvalue weighted by Crippen LogP contribution is -2.31. The molecule has 1 saturated carbocycles. The van der Waals surface area contributed by atoms with E-state index < -0.39 is 5.60 Å². The Hall–Kier alpha value is -1.15. The first-order valence-corrected chi connectivity index (χ1v) is 6.76. The van der Waals surface area contributed by atoms with Gasteiger partial charge in [-0.2, -0.15) is 0 Å². The first-order valence-electron chi connectivity index (χ1n) is 6.76. The van der Waals surface area contributed by atoms with Gasteiger partial charge in [-0.25, -0.2) is 0 Å². The first kappa shape index (κ1) is 13.3. The van der Waals surface area contributed by atoms with E-state index in [1.807, 2.05) is 6.07 Å². The molecule has 0 aliphatic heterocycles. The van der Waals surface area contributed by atoms with Crippen molar-refractivity contribution in [3.63, 3.8) is 0 Å². The van der Waals surface area contributed by atoms with Gasteiger partial charge in [-0.3, -0.25) is 4.79 Å². The molecule has 0 saturated heterocycles. The summed E-state index contributed by atoms with van der Waals surface area (Å²) in [6, 6.07) is 10.4. The molecule has 1 aromatic carbocycles. The van der Waals surface area contributed by atoms with E-state index >= 15 is 0 Å². The Labute approximate surface area is 109 Å². The number of Topliss-reactive ketones (excluding diaryl/α,β-unsaturated/α-hetero) is 1. The molecule has 0 amide bonds. The van der Waals surface area contributed by atoms with Gasteiger partial charge < -0.3 is 5.11 Å². The largest absolute Gasteiger partial charge is 0.390 e. The zero-order valence-electron chi connectivity index (χ0n) is 11.2. The number of aliphatic hydroxyl groups is 1. The summed E-state index contributed by atoms with van der Waals surface area (Å²) in [5.41, 5.74) is 0.574. The fourth-order valence-corrected chi connectivity index (χ4v) is 2.94. The summed E-state index contributed by atoms with van der Waals surface area (Å²) in [4.78, 5) is 11.9. The van der Waals surface area contributed by atoms with Crippen LogP contribution in [0.4, 0.5) is 0 Å². The molecule has 2 unspecified atom stereocenters. The summed E-state index contributed by atoms with van der Waals surface area (Å²) < 4.78 is 0. The maximum atomic E-state index is 11.9. The van der Waals surface area contributed by atoms with Crippen molar-refractivity contribution in [3.8, 4) is 0 Å². The number of carbonyl (C=O) groups is 1. The normalized spacial score (nSPS) is 25.2. The highest BCUT2D eigenvalue weighted by Crippen LogP contribution is 2.37. The Balaban J connectivity index is 2.07. The van der Waals surface area contributed by atoms with Gasteiger partial charge in [0.25, 0.3) is 0 Å². The first-order chi connectivity index (χ1) is 8.46. The van der Waals surface area contributed by atoms with E-state index in [1.54, 1.807) is 13.8 Å². The lowest BCUT2D eigenvalue weighted by Gasteiger charge is -2.31. The molecule has 0 radical (unpaired) electrons. The van der Waals surface area contributed by atoms with Crippen molar-refractivity contribution in [2.24, 2.45) is 5.92 Å². The molecule has 0 bridgehead atoms. The van der Waals surface area contributed by atoms with Crippen molar-refractivity contribution < 1.29 is 9.90 Å². The minimum atomic E-state index is -0.751. The number of hydrogen-bond acceptors (Lipinski definition) is 2. The summed E-state index contributed by atoms with van der Waals surface area (Å²) in [6.45, 7) is 3.57. The fourth-order valence-electron chi connectivity index (χ4n) is 2.94. The number of hydrogen-bond donors (Lipinski definition) is 1. The number of ketones is 1. The van der Waals surface area contributed by atoms with Crippen LogP contribution in [-0.2, 0) is 4.79 Å². The Kier molecular flexibility index (Phi) is 3.86. The minimum Gasteiger partial charge on any atom is -0.390 e. The molecular weight excluding hydrogens is 224 g/mol. The topological polar surface area (TPSA) is 37.3 Å². The van der Waals surface area contributed by atoms with Crippen LogP contribution in [-0.4, -0.2) is 16.5 Å². The zero-order valence-corrected chi connectivity index (χ0v) is 11.2. The Morgan fingerprint density at radius 3 is 2.56 bits per heavy atom. The number of rotatable bonds is 3. The molecule has 1 aliphatic carbocycles. The predicted octanol–water partition coefficient (Wildman–Crippen LogP) is 3.30. The molecule has 2 heteroatoms.